The van der Waals surface area contributed by atoms with Crippen LogP contribution in [0.5, 0.6) is 0 Å². The molecule has 1 aliphatic rings. The van der Waals surface area contributed by atoms with Gasteiger partial charge in [-0.15, -0.1) is 0 Å². The monoisotopic (exact) mass is 292 g/mol. The predicted molar refractivity (Wildman–Crippen MR) is 84.3 cm³/mol. The molecule has 1 fully saturated rings. The van der Waals surface area contributed by atoms with Crippen molar-refractivity contribution >= 4 is 5.91 Å². The summed E-state index contributed by atoms with van der Waals surface area (Å²) in [5.74, 6) is 0.0503. The van der Waals surface area contributed by atoms with E-state index in [0.29, 0.717) is 0 Å². The summed E-state index contributed by atoms with van der Waals surface area (Å²) in [6, 6.07) is 1.74. The molecule has 0 saturated heterocycles. The summed E-state index contributed by atoms with van der Waals surface area (Å²) in [7, 11) is 4.23. The number of amides is 1. The van der Waals surface area contributed by atoms with Crippen molar-refractivity contribution in [3.8, 4) is 0 Å². The molecule has 2 rings (SSSR count). The first kappa shape index (κ1) is 16.0. The number of nitrogens with one attached hydrogen (secondary N) is 1. The van der Waals surface area contributed by atoms with Crippen LogP contribution < -0.4 is 5.32 Å². The molecule has 21 heavy (non-hydrogen) atoms. The number of likely N-dealkylation sites (N-methyl/N-ethyl adjacent to an activating group) is 1. The second-order valence-corrected chi connectivity index (χ2v) is 6.59. The number of aromatic nitrogens is 2. The van der Waals surface area contributed by atoms with Gasteiger partial charge in [-0.25, -0.2) is 0 Å². The molecule has 1 heterocycles. The van der Waals surface area contributed by atoms with Crippen molar-refractivity contribution in [2.45, 2.75) is 58.0 Å². The molecule has 0 aromatic carbocycles. The van der Waals surface area contributed by atoms with Gasteiger partial charge in [0, 0.05) is 17.8 Å². The van der Waals surface area contributed by atoms with Crippen molar-refractivity contribution in [1.29, 1.82) is 0 Å². The van der Waals surface area contributed by atoms with E-state index in [1.54, 1.807) is 0 Å². The summed E-state index contributed by atoms with van der Waals surface area (Å²) >= 11 is 0. The van der Waals surface area contributed by atoms with Gasteiger partial charge in [0.1, 0.15) is 6.04 Å². The average Bonchev–Trinajstić information content (AvgIpc) is 3.02. The summed E-state index contributed by atoms with van der Waals surface area (Å²) < 4.78 is 1.81. The molecule has 5 nitrogen and oxygen atoms in total. The maximum atomic E-state index is 12.4. The van der Waals surface area contributed by atoms with Crippen LogP contribution in [0.15, 0.2) is 6.07 Å². The Morgan fingerprint density at radius 1 is 1.43 bits per heavy atom. The van der Waals surface area contributed by atoms with Crippen molar-refractivity contribution in [3.63, 3.8) is 0 Å². The van der Waals surface area contributed by atoms with Crippen LogP contribution in [0.25, 0.3) is 0 Å². The average molecular weight is 292 g/mol. The van der Waals surface area contributed by atoms with Crippen LogP contribution in [0.1, 0.15) is 50.0 Å². The van der Waals surface area contributed by atoms with Crippen molar-refractivity contribution < 1.29 is 4.79 Å². The number of hydrogen-bond donors (Lipinski definition) is 1. The molecule has 0 aliphatic heterocycles. The molecule has 1 aliphatic carbocycles. The van der Waals surface area contributed by atoms with Gasteiger partial charge in [-0.05, 0) is 53.8 Å². The minimum Gasteiger partial charge on any atom is -0.352 e. The van der Waals surface area contributed by atoms with E-state index < -0.39 is 0 Å². The van der Waals surface area contributed by atoms with Crippen molar-refractivity contribution in [3.05, 3.63) is 17.5 Å². The Labute approximate surface area is 127 Å². The van der Waals surface area contributed by atoms with E-state index in [1.807, 2.05) is 31.5 Å². The molecule has 1 aromatic rings. The smallest absolute Gasteiger partial charge is 0.244 e. The molecule has 0 spiro atoms. The third-order valence-corrected chi connectivity index (χ3v) is 4.87. The first-order valence-corrected chi connectivity index (χ1v) is 7.84. The van der Waals surface area contributed by atoms with Crippen LogP contribution in [-0.4, -0.2) is 46.8 Å². The van der Waals surface area contributed by atoms with Crippen LogP contribution in [0, 0.1) is 13.8 Å². The molecule has 1 atom stereocenters. The topological polar surface area (TPSA) is 50.2 Å². The molecular formula is C16H28N4O. The van der Waals surface area contributed by atoms with Crippen LogP contribution in [-0.2, 0) is 4.79 Å². The van der Waals surface area contributed by atoms with E-state index in [2.05, 4.69) is 29.4 Å². The Kier molecular flexibility index (Phi) is 4.71. The van der Waals surface area contributed by atoms with E-state index >= 15 is 0 Å². The summed E-state index contributed by atoms with van der Waals surface area (Å²) in [6.45, 7) is 6.57. The van der Waals surface area contributed by atoms with Crippen LogP contribution in [0.2, 0.25) is 0 Å². The Morgan fingerprint density at radius 3 is 2.52 bits per heavy atom. The highest BCUT2D eigenvalue weighted by atomic mass is 16.2. The van der Waals surface area contributed by atoms with Crippen LogP contribution >= 0.6 is 0 Å². The Balaban J connectivity index is 1.99. The van der Waals surface area contributed by atoms with Gasteiger partial charge in [-0.2, -0.15) is 5.10 Å². The summed E-state index contributed by atoms with van der Waals surface area (Å²) in [4.78, 5) is 14.7. The molecule has 0 bridgehead atoms. The second kappa shape index (κ2) is 6.18. The maximum Gasteiger partial charge on any atom is 0.244 e. The summed E-state index contributed by atoms with van der Waals surface area (Å²) in [5.41, 5.74) is 2.11. The molecule has 1 saturated carbocycles. The van der Waals surface area contributed by atoms with E-state index in [4.69, 9.17) is 0 Å². The van der Waals surface area contributed by atoms with E-state index in [1.165, 1.54) is 12.8 Å². The lowest BCUT2D eigenvalue weighted by Crippen LogP contribution is -2.51. The van der Waals surface area contributed by atoms with Gasteiger partial charge in [0.15, 0.2) is 0 Å². The summed E-state index contributed by atoms with van der Waals surface area (Å²) in [5, 5.41) is 7.55. The minimum atomic E-state index is -0.265. The Hall–Kier alpha value is -1.36. The zero-order chi connectivity index (χ0) is 15.6. The molecular weight excluding hydrogens is 264 g/mol. The Bertz CT molecular complexity index is 500. The highest BCUT2D eigenvalue weighted by Gasteiger charge is 2.36. The third kappa shape index (κ3) is 3.28. The maximum absolute atomic E-state index is 12.4. The standard InChI is InChI=1S/C16H28N4O/c1-12-10-13(2)20(18-12)14(3)15(21)17-11-16(19(4)5)8-6-7-9-16/h10,14H,6-9,11H2,1-5H3,(H,17,21)/t14-/m1/s1. The molecule has 1 aromatic heterocycles. The fourth-order valence-corrected chi connectivity index (χ4v) is 3.36. The van der Waals surface area contributed by atoms with E-state index in [0.717, 1.165) is 30.8 Å². The molecule has 118 valence electrons. The van der Waals surface area contributed by atoms with Crippen molar-refractivity contribution in [2.24, 2.45) is 0 Å². The fourth-order valence-electron chi connectivity index (χ4n) is 3.36. The SMILES string of the molecule is Cc1cc(C)n([C@H](C)C(=O)NCC2(N(C)C)CCCC2)n1. The van der Waals surface area contributed by atoms with Gasteiger partial charge in [-0.1, -0.05) is 12.8 Å². The van der Waals surface area contributed by atoms with Gasteiger partial charge in [0.2, 0.25) is 5.91 Å². The zero-order valence-electron chi connectivity index (χ0n) is 13.9. The molecule has 1 amide bonds. The first-order valence-electron chi connectivity index (χ1n) is 7.84. The van der Waals surface area contributed by atoms with Crippen LogP contribution in [0.3, 0.4) is 0 Å². The molecule has 0 radical (unpaired) electrons. The number of carbonyl (C=O) groups is 1. The normalized spacial score (nSPS) is 19.0. The van der Waals surface area contributed by atoms with Gasteiger partial charge in [0.05, 0.1) is 5.69 Å². The molecule has 5 heteroatoms. The number of nitrogens with zero attached hydrogens (tertiary/aromatic N) is 3. The van der Waals surface area contributed by atoms with Crippen molar-refractivity contribution in [2.75, 3.05) is 20.6 Å². The highest BCUT2D eigenvalue weighted by Crippen LogP contribution is 2.33. The molecule has 0 unspecified atom stereocenters. The van der Waals surface area contributed by atoms with Gasteiger partial charge in [0.25, 0.3) is 0 Å². The fraction of sp³-hybridized carbons (Fsp3) is 0.750. The highest BCUT2D eigenvalue weighted by molar-refractivity contribution is 5.80. The molecule has 1 N–H and O–H groups in total. The first-order chi connectivity index (χ1) is 9.85. The zero-order valence-corrected chi connectivity index (χ0v) is 13.9. The van der Waals surface area contributed by atoms with E-state index in [-0.39, 0.29) is 17.5 Å². The third-order valence-electron chi connectivity index (χ3n) is 4.87. The minimum absolute atomic E-state index is 0.0503. The Morgan fingerprint density at radius 2 is 2.05 bits per heavy atom. The second-order valence-electron chi connectivity index (χ2n) is 6.59. The predicted octanol–water partition coefficient (Wildman–Crippen LogP) is 2.05. The lowest BCUT2D eigenvalue weighted by molar-refractivity contribution is -0.124. The number of carbonyl (C=O) groups excluding carboxylic acids is 1. The number of rotatable bonds is 5. The largest absolute Gasteiger partial charge is 0.352 e. The van der Waals surface area contributed by atoms with E-state index in [9.17, 15) is 4.79 Å². The van der Waals surface area contributed by atoms with Crippen molar-refractivity contribution in [1.82, 2.24) is 20.0 Å². The van der Waals surface area contributed by atoms with Gasteiger partial charge in [-0.3, -0.25) is 9.48 Å². The van der Waals surface area contributed by atoms with Gasteiger partial charge >= 0.3 is 0 Å². The van der Waals surface area contributed by atoms with Gasteiger partial charge < -0.3 is 10.2 Å². The lowest BCUT2D eigenvalue weighted by atomic mass is 9.96. The number of aryl methyl sites for hydroxylation is 2. The number of hydrogen-bond acceptors (Lipinski definition) is 3. The summed E-state index contributed by atoms with van der Waals surface area (Å²) in [6.07, 6.45) is 4.82. The quantitative estimate of drug-likeness (QED) is 0.903. The lowest BCUT2D eigenvalue weighted by Gasteiger charge is -2.36. The van der Waals surface area contributed by atoms with Crippen LogP contribution in [0.4, 0.5) is 0 Å².